The van der Waals surface area contributed by atoms with E-state index in [-0.39, 0.29) is 11.8 Å². The van der Waals surface area contributed by atoms with E-state index in [9.17, 15) is 4.79 Å². The van der Waals surface area contributed by atoms with Gasteiger partial charge in [-0.2, -0.15) is 5.10 Å². The topological polar surface area (TPSA) is 63.5 Å². The Morgan fingerprint density at radius 1 is 1.06 bits per heavy atom. The molecule has 0 bridgehead atoms. The van der Waals surface area contributed by atoms with Crippen LogP contribution in [0.1, 0.15) is 37.6 Å². The molecular weight excluding hydrogens is 450 g/mol. The second-order valence-electron chi connectivity index (χ2n) is 9.29. The van der Waals surface area contributed by atoms with Gasteiger partial charge in [-0.25, -0.2) is 4.68 Å². The van der Waals surface area contributed by atoms with Gasteiger partial charge in [-0.05, 0) is 63.1 Å². The number of aryl methyl sites for hydroxylation is 1. The largest absolute Gasteiger partial charge is 0.491 e. The summed E-state index contributed by atoms with van der Waals surface area (Å²) in [5.74, 6) is 1.02. The van der Waals surface area contributed by atoms with Crippen LogP contribution in [-0.2, 0) is 4.79 Å². The van der Waals surface area contributed by atoms with Crippen molar-refractivity contribution >= 4 is 22.4 Å². The average molecular weight is 484 g/mol. The fraction of sp³-hybridized carbons (Fsp3) is 0.345. The van der Waals surface area contributed by atoms with E-state index in [0.29, 0.717) is 6.61 Å². The molecule has 1 atom stereocenters. The molecule has 7 heteroatoms. The summed E-state index contributed by atoms with van der Waals surface area (Å²) in [5.41, 5.74) is 4.90. The number of carbonyl (C=O) groups excluding carboxylic acids is 1. The zero-order valence-electron chi connectivity index (χ0n) is 21.2. The smallest absolute Gasteiger partial charge is 0.153 e. The molecule has 186 valence electrons. The number of hydrogen-bond acceptors (Lipinski definition) is 6. The highest BCUT2D eigenvalue weighted by Gasteiger charge is 2.30. The van der Waals surface area contributed by atoms with Crippen molar-refractivity contribution in [2.75, 3.05) is 37.7 Å². The van der Waals surface area contributed by atoms with Crippen LogP contribution in [0.2, 0.25) is 0 Å². The molecule has 7 nitrogen and oxygen atoms in total. The second kappa shape index (κ2) is 10.5. The third kappa shape index (κ3) is 4.71. The van der Waals surface area contributed by atoms with Crippen molar-refractivity contribution in [3.8, 4) is 11.4 Å². The summed E-state index contributed by atoms with van der Waals surface area (Å²) in [4.78, 5) is 22.3. The molecule has 4 aromatic rings. The predicted octanol–water partition coefficient (Wildman–Crippen LogP) is 4.97. The van der Waals surface area contributed by atoms with Gasteiger partial charge in [-0.3, -0.25) is 14.7 Å². The Labute approximate surface area is 212 Å². The summed E-state index contributed by atoms with van der Waals surface area (Å²) in [6.07, 6.45) is 4.70. The van der Waals surface area contributed by atoms with Crippen molar-refractivity contribution in [2.45, 2.75) is 33.2 Å². The Morgan fingerprint density at radius 2 is 1.89 bits per heavy atom. The third-order valence-corrected chi connectivity index (χ3v) is 6.80. The molecule has 36 heavy (non-hydrogen) atoms. The van der Waals surface area contributed by atoms with E-state index in [1.807, 2.05) is 66.5 Å². The zero-order valence-corrected chi connectivity index (χ0v) is 21.2. The number of nitrogens with zero attached hydrogens (tertiary/aromatic N) is 5. The van der Waals surface area contributed by atoms with E-state index in [1.54, 1.807) is 6.92 Å². The Kier molecular flexibility index (Phi) is 7.00. The molecule has 1 fully saturated rings. The molecule has 2 aromatic heterocycles. The summed E-state index contributed by atoms with van der Waals surface area (Å²) in [7, 11) is 0. The van der Waals surface area contributed by atoms with E-state index in [4.69, 9.17) is 14.8 Å². The van der Waals surface area contributed by atoms with Gasteiger partial charge in [-0.15, -0.1) is 0 Å². The fourth-order valence-corrected chi connectivity index (χ4v) is 5.23. The molecule has 1 unspecified atom stereocenters. The number of anilines is 1. The Morgan fingerprint density at radius 3 is 2.67 bits per heavy atom. The average Bonchev–Trinajstić information content (AvgIpc) is 3.24. The molecule has 5 rings (SSSR count). The minimum absolute atomic E-state index is 0.111. The Bertz CT molecular complexity index is 1350. The van der Waals surface area contributed by atoms with Crippen LogP contribution in [-0.4, -0.2) is 58.2 Å². The number of para-hydroxylation sites is 1. The van der Waals surface area contributed by atoms with E-state index < -0.39 is 0 Å². The number of Topliss-reactive ketones (excluding diaryl/α,β-unsaturated/α-hetero) is 1. The second-order valence-corrected chi connectivity index (χ2v) is 9.29. The van der Waals surface area contributed by atoms with Gasteiger partial charge in [0.1, 0.15) is 17.5 Å². The lowest BCUT2D eigenvalue weighted by Gasteiger charge is -2.29. The van der Waals surface area contributed by atoms with Crippen molar-refractivity contribution in [1.29, 1.82) is 0 Å². The number of ether oxygens (including phenoxy) is 1. The number of aromatic nitrogens is 3. The maximum Gasteiger partial charge on any atom is 0.153 e. The number of benzene rings is 2. The first-order valence-corrected chi connectivity index (χ1v) is 12.7. The highest BCUT2D eigenvalue weighted by Crippen LogP contribution is 2.39. The Hall–Kier alpha value is -3.71. The standard InChI is InChI=1S/C29H33N5O2/c1-4-36-29-21(2)20-23-10-8-14-30-26(23)28(29)33-16-9-15-32(18-19-33)27(22(3)35)25-13-17-34(31-25)24-11-6-5-7-12-24/h5-8,10-14,17,20,27H,4,9,15-16,18-19H2,1-3H3. The van der Waals surface area contributed by atoms with Gasteiger partial charge in [0.25, 0.3) is 0 Å². The minimum atomic E-state index is -0.367. The first-order valence-electron chi connectivity index (χ1n) is 12.7. The van der Waals surface area contributed by atoms with E-state index in [0.717, 1.165) is 71.9 Å². The van der Waals surface area contributed by atoms with Gasteiger partial charge in [0, 0.05) is 44.0 Å². The maximum atomic E-state index is 12.9. The van der Waals surface area contributed by atoms with Crippen LogP contribution >= 0.6 is 0 Å². The first-order chi connectivity index (χ1) is 17.6. The van der Waals surface area contributed by atoms with Crippen molar-refractivity contribution < 1.29 is 9.53 Å². The lowest BCUT2D eigenvalue weighted by atomic mass is 10.1. The van der Waals surface area contributed by atoms with Crippen LogP contribution in [0.25, 0.3) is 16.6 Å². The van der Waals surface area contributed by atoms with Crippen LogP contribution in [0, 0.1) is 6.92 Å². The predicted molar refractivity (Wildman–Crippen MR) is 143 cm³/mol. The fourth-order valence-electron chi connectivity index (χ4n) is 5.23. The molecular formula is C29H33N5O2. The van der Waals surface area contributed by atoms with Crippen molar-refractivity contribution in [3.05, 3.63) is 78.2 Å². The lowest BCUT2D eigenvalue weighted by molar-refractivity contribution is -0.122. The van der Waals surface area contributed by atoms with E-state index in [2.05, 4.69) is 28.9 Å². The van der Waals surface area contributed by atoms with E-state index >= 15 is 0 Å². The molecule has 0 aliphatic carbocycles. The summed E-state index contributed by atoms with van der Waals surface area (Å²) in [6.45, 7) is 9.59. The SMILES string of the molecule is CCOc1c(C)cc2cccnc2c1N1CCCN(C(C(C)=O)c2ccn(-c3ccccc3)n2)CC1. The molecule has 0 radical (unpaired) electrons. The number of pyridine rings is 1. The van der Waals surface area contributed by atoms with Crippen molar-refractivity contribution in [3.63, 3.8) is 0 Å². The number of ketones is 1. The molecule has 1 aliphatic heterocycles. The molecule has 1 aliphatic rings. The number of rotatable bonds is 7. The van der Waals surface area contributed by atoms with E-state index in [1.165, 1.54) is 0 Å². The molecule has 0 N–H and O–H groups in total. The summed E-state index contributed by atoms with van der Waals surface area (Å²) < 4.78 is 7.98. The van der Waals surface area contributed by atoms with Crippen molar-refractivity contribution in [2.24, 2.45) is 0 Å². The van der Waals surface area contributed by atoms with Gasteiger partial charge >= 0.3 is 0 Å². The van der Waals surface area contributed by atoms with Gasteiger partial charge in [-0.1, -0.05) is 24.3 Å². The summed E-state index contributed by atoms with van der Waals surface area (Å²) >= 11 is 0. The number of fused-ring (bicyclic) bond motifs is 1. The first kappa shape index (κ1) is 24.0. The van der Waals surface area contributed by atoms with Gasteiger partial charge in [0.05, 0.1) is 23.5 Å². The highest BCUT2D eigenvalue weighted by atomic mass is 16.5. The molecule has 0 saturated carbocycles. The molecule has 0 amide bonds. The summed E-state index contributed by atoms with van der Waals surface area (Å²) in [6, 6.07) is 17.8. The van der Waals surface area contributed by atoms with Gasteiger partial charge < -0.3 is 9.64 Å². The monoisotopic (exact) mass is 483 g/mol. The Balaban J connectivity index is 1.43. The summed E-state index contributed by atoms with van der Waals surface area (Å²) in [5, 5.41) is 5.90. The number of carbonyl (C=O) groups is 1. The molecule has 0 spiro atoms. The third-order valence-electron chi connectivity index (χ3n) is 6.80. The van der Waals surface area contributed by atoms with Gasteiger partial charge in [0.2, 0.25) is 0 Å². The van der Waals surface area contributed by atoms with Gasteiger partial charge in [0.15, 0.2) is 5.78 Å². The quantitative estimate of drug-likeness (QED) is 0.370. The zero-order chi connectivity index (χ0) is 25.1. The van der Waals surface area contributed by atoms with Crippen LogP contribution in [0.15, 0.2) is 67.0 Å². The lowest BCUT2D eigenvalue weighted by Crippen LogP contribution is -2.37. The van der Waals surface area contributed by atoms with Crippen LogP contribution in [0.3, 0.4) is 0 Å². The molecule has 1 saturated heterocycles. The van der Waals surface area contributed by atoms with Crippen LogP contribution in [0.5, 0.6) is 5.75 Å². The normalized spacial score (nSPS) is 15.6. The molecule has 2 aromatic carbocycles. The minimum Gasteiger partial charge on any atom is -0.491 e. The number of hydrogen-bond donors (Lipinski definition) is 0. The van der Waals surface area contributed by atoms with Crippen LogP contribution in [0.4, 0.5) is 5.69 Å². The molecule has 3 heterocycles. The van der Waals surface area contributed by atoms with Crippen LogP contribution < -0.4 is 9.64 Å². The maximum absolute atomic E-state index is 12.9. The highest BCUT2D eigenvalue weighted by molar-refractivity contribution is 5.95. The van der Waals surface area contributed by atoms with Crippen molar-refractivity contribution in [1.82, 2.24) is 19.7 Å².